The van der Waals surface area contributed by atoms with E-state index in [0.29, 0.717) is 5.58 Å². The number of aryl methyl sites for hydroxylation is 1. The van der Waals surface area contributed by atoms with Crippen LogP contribution in [0.2, 0.25) is 0 Å². The monoisotopic (exact) mass is 273 g/mol. The lowest BCUT2D eigenvalue weighted by molar-refractivity contribution is -0.125. The number of amides is 1. The van der Waals surface area contributed by atoms with Gasteiger partial charge in [0.05, 0.1) is 6.54 Å². The second-order valence-electron chi connectivity index (χ2n) is 5.91. The van der Waals surface area contributed by atoms with Gasteiger partial charge in [-0.1, -0.05) is 39.0 Å². The van der Waals surface area contributed by atoms with Crippen LogP contribution in [0.25, 0.3) is 11.0 Å². The highest BCUT2D eigenvalue weighted by molar-refractivity contribution is 6.00. The third kappa shape index (κ3) is 2.74. The Morgan fingerprint density at radius 1 is 1.20 bits per heavy atom. The maximum atomic E-state index is 12.1. The minimum absolute atomic E-state index is 0.0127. The smallest absolute Gasteiger partial charge is 0.287 e. The maximum Gasteiger partial charge on any atom is 0.287 e. The molecule has 2 aromatic rings. The number of carbonyl (C=O) groups is 2. The van der Waals surface area contributed by atoms with Gasteiger partial charge in [-0.2, -0.15) is 0 Å². The van der Waals surface area contributed by atoms with E-state index in [9.17, 15) is 9.59 Å². The number of carbonyl (C=O) groups excluding carboxylic acids is 2. The van der Waals surface area contributed by atoms with Crippen molar-refractivity contribution in [3.8, 4) is 0 Å². The van der Waals surface area contributed by atoms with Gasteiger partial charge in [-0.05, 0) is 13.0 Å². The quantitative estimate of drug-likeness (QED) is 0.934. The molecule has 20 heavy (non-hydrogen) atoms. The molecular weight excluding hydrogens is 254 g/mol. The predicted molar refractivity (Wildman–Crippen MR) is 77.7 cm³/mol. The van der Waals surface area contributed by atoms with Gasteiger partial charge in [-0.3, -0.25) is 9.59 Å². The highest BCUT2D eigenvalue weighted by Crippen LogP contribution is 2.24. The summed E-state index contributed by atoms with van der Waals surface area (Å²) in [6, 6.07) is 7.48. The van der Waals surface area contributed by atoms with Gasteiger partial charge in [-0.25, -0.2) is 0 Å². The molecule has 0 atom stereocenters. The summed E-state index contributed by atoms with van der Waals surface area (Å²) in [6.07, 6.45) is 0. The van der Waals surface area contributed by atoms with Crippen molar-refractivity contribution in [3.05, 3.63) is 35.6 Å². The van der Waals surface area contributed by atoms with Gasteiger partial charge < -0.3 is 9.73 Å². The van der Waals surface area contributed by atoms with Crippen molar-refractivity contribution in [1.29, 1.82) is 0 Å². The van der Waals surface area contributed by atoms with Gasteiger partial charge in [0, 0.05) is 16.4 Å². The zero-order valence-electron chi connectivity index (χ0n) is 12.2. The molecule has 4 nitrogen and oxygen atoms in total. The zero-order valence-corrected chi connectivity index (χ0v) is 12.2. The van der Waals surface area contributed by atoms with Crippen LogP contribution in [0.4, 0.5) is 0 Å². The lowest BCUT2D eigenvalue weighted by Crippen LogP contribution is -2.35. The maximum absolute atomic E-state index is 12.1. The number of para-hydroxylation sites is 1. The lowest BCUT2D eigenvalue weighted by atomic mass is 9.91. The van der Waals surface area contributed by atoms with Gasteiger partial charge >= 0.3 is 0 Å². The fraction of sp³-hybridized carbons (Fsp3) is 0.375. The molecule has 1 aromatic carbocycles. The van der Waals surface area contributed by atoms with Crippen LogP contribution < -0.4 is 5.32 Å². The summed E-state index contributed by atoms with van der Waals surface area (Å²) in [7, 11) is 0. The van der Waals surface area contributed by atoms with Crippen molar-refractivity contribution in [1.82, 2.24) is 5.32 Å². The van der Waals surface area contributed by atoms with E-state index in [1.54, 1.807) is 0 Å². The van der Waals surface area contributed by atoms with E-state index in [1.165, 1.54) is 0 Å². The number of ketones is 1. The number of benzene rings is 1. The molecule has 2 rings (SSSR count). The molecule has 1 amide bonds. The van der Waals surface area contributed by atoms with Crippen LogP contribution in [0.15, 0.2) is 28.7 Å². The Morgan fingerprint density at radius 2 is 1.85 bits per heavy atom. The first-order valence-electron chi connectivity index (χ1n) is 6.60. The molecule has 1 aromatic heterocycles. The number of nitrogens with one attached hydrogen (secondary N) is 1. The Kier molecular flexibility index (Phi) is 3.66. The van der Waals surface area contributed by atoms with Gasteiger partial charge in [-0.15, -0.1) is 0 Å². The highest BCUT2D eigenvalue weighted by atomic mass is 16.3. The number of fused-ring (bicyclic) bond motifs is 1. The molecule has 1 heterocycles. The van der Waals surface area contributed by atoms with E-state index in [2.05, 4.69) is 5.32 Å². The summed E-state index contributed by atoms with van der Waals surface area (Å²) >= 11 is 0. The van der Waals surface area contributed by atoms with E-state index < -0.39 is 5.41 Å². The van der Waals surface area contributed by atoms with Crippen LogP contribution in [0, 0.1) is 12.3 Å². The molecule has 0 aliphatic rings. The van der Waals surface area contributed by atoms with E-state index in [0.717, 1.165) is 10.9 Å². The van der Waals surface area contributed by atoms with Crippen molar-refractivity contribution in [2.45, 2.75) is 27.7 Å². The van der Waals surface area contributed by atoms with Crippen molar-refractivity contribution >= 4 is 22.7 Å². The fourth-order valence-corrected chi connectivity index (χ4v) is 1.90. The minimum Gasteiger partial charge on any atom is -0.451 e. The van der Waals surface area contributed by atoms with Gasteiger partial charge in [0.1, 0.15) is 5.58 Å². The molecule has 0 radical (unpaired) electrons. The normalized spacial score (nSPS) is 11.6. The second kappa shape index (κ2) is 5.12. The average Bonchev–Trinajstić information content (AvgIpc) is 2.72. The molecule has 0 bridgehead atoms. The van der Waals surface area contributed by atoms with Gasteiger partial charge in [0.15, 0.2) is 11.5 Å². The van der Waals surface area contributed by atoms with Crippen LogP contribution in [0.5, 0.6) is 0 Å². The first-order valence-corrected chi connectivity index (χ1v) is 6.60. The Labute approximate surface area is 118 Å². The SMILES string of the molecule is Cc1c(C(=O)NCC(=O)C(C)(C)C)oc2ccccc12. The molecular formula is C16H19NO3. The molecule has 1 N–H and O–H groups in total. The van der Waals surface area contributed by atoms with E-state index >= 15 is 0 Å². The van der Waals surface area contributed by atoms with Gasteiger partial charge in [0.25, 0.3) is 5.91 Å². The molecule has 0 saturated heterocycles. The van der Waals surface area contributed by atoms with E-state index in [-0.39, 0.29) is 24.0 Å². The van der Waals surface area contributed by atoms with Crippen LogP contribution in [0.1, 0.15) is 36.9 Å². The number of Topliss-reactive ketones (excluding diaryl/α,β-unsaturated/α-hetero) is 1. The predicted octanol–water partition coefficient (Wildman–Crippen LogP) is 3.09. The molecule has 0 saturated carbocycles. The Hall–Kier alpha value is -2.10. The molecule has 0 fully saturated rings. The Balaban J connectivity index is 2.16. The highest BCUT2D eigenvalue weighted by Gasteiger charge is 2.23. The third-order valence-electron chi connectivity index (χ3n) is 3.30. The number of rotatable bonds is 3. The molecule has 106 valence electrons. The van der Waals surface area contributed by atoms with Crippen molar-refractivity contribution in [3.63, 3.8) is 0 Å². The first-order chi connectivity index (χ1) is 9.30. The van der Waals surface area contributed by atoms with E-state index in [1.807, 2.05) is 52.0 Å². The van der Waals surface area contributed by atoms with E-state index in [4.69, 9.17) is 4.42 Å². The molecule has 0 unspecified atom stereocenters. The summed E-state index contributed by atoms with van der Waals surface area (Å²) in [6.45, 7) is 7.33. The summed E-state index contributed by atoms with van der Waals surface area (Å²) in [5.41, 5.74) is 1.01. The Bertz CT molecular complexity index is 662. The fourth-order valence-electron chi connectivity index (χ4n) is 1.90. The largest absolute Gasteiger partial charge is 0.451 e. The zero-order chi connectivity index (χ0) is 14.9. The Morgan fingerprint density at radius 3 is 2.45 bits per heavy atom. The topological polar surface area (TPSA) is 59.3 Å². The standard InChI is InChI=1S/C16H19NO3/c1-10-11-7-5-6-8-12(11)20-14(10)15(19)17-9-13(18)16(2,3)4/h5-8H,9H2,1-4H3,(H,17,19). The number of hydrogen-bond acceptors (Lipinski definition) is 3. The summed E-state index contributed by atoms with van der Waals surface area (Å²) in [4.78, 5) is 23.9. The van der Waals surface area contributed by atoms with Crippen LogP contribution >= 0.6 is 0 Å². The molecule has 0 spiro atoms. The van der Waals surface area contributed by atoms with Crippen LogP contribution in [0.3, 0.4) is 0 Å². The summed E-state index contributed by atoms with van der Waals surface area (Å²) in [5.74, 6) is -0.0937. The molecule has 0 aliphatic heterocycles. The van der Waals surface area contributed by atoms with Crippen molar-refractivity contribution < 1.29 is 14.0 Å². The second-order valence-corrected chi connectivity index (χ2v) is 5.91. The molecule has 0 aliphatic carbocycles. The number of furan rings is 1. The van der Waals surface area contributed by atoms with Crippen molar-refractivity contribution in [2.24, 2.45) is 5.41 Å². The first kappa shape index (κ1) is 14.3. The number of hydrogen-bond donors (Lipinski definition) is 1. The average molecular weight is 273 g/mol. The molecule has 4 heteroatoms. The third-order valence-corrected chi connectivity index (χ3v) is 3.30. The summed E-state index contributed by atoms with van der Waals surface area (Å²) < 4.78 is 5.56. The lowest BCUT2D eigenvalue weighted by Gasteiger charge is -2.16. The van der Waals surface area contributed by atoms with Crippen LogP contribution in [-0.2, 0) is 4.79 Å². The van der Waals surface area contributed by atoms with Gasteiger partial charge in [0.2, 0.25) is 0 Å². The minimum atomic E-state index is -0.462. The van der Waals surface area contributed by atoms with Crippen molar-refractivity contribution in [2.75, 3.05) is 6.54 Å². The summed E-state index contributed by atoms with van der Waals surface area (Å²) in [5, 5.41) is 3.54. The van der Waals surface area contributed by atoms with Crippen LogP contribution in [-0.4, -0.2) is 18.2 Å².